The van der Waals surface area contributed by atoms with Crippen molar-refractivity contribution in [1.82, 2.24) is 9.13 Å². The Morgan fingerprint density at radius 3 is 2.38 bits per heavy atom. The first-order valence-corrected chi connectivity index (χ1v) is 6.81. The third-order valence-electron chi connectivity index (χ3n) is 3.20. The molecule has 0 unspecified atom stereocenters. The molecule has 0 aliphatic rings. The third kappa shape index (κ3) is 2.99. The smallest absolute Gasteiger partial charge is 0.332 e. The van der Waals surface area contributed by atoms with Crippen LogP contribution in [0.3, 0.4) is 0 Å². The average molecular weight is 288 g/mol. The molecule has 0 saturated carbocycles. The molecule has 0 amide bonds. The van der Waals surface area contributed by atoms with Crippen LogP contribution in [0, 0.1) is 0 Å². The standard InChI is InChI=1S/C15H20N4O2/c1-10(2)17-12-13(16)19(15(21)18(3)14(12)20)9-11-7-5-4-6-8-11/h4-8,10,17H,9,16H2,1-3H3. The van der Waals surface area contributed by atoms with Gasteiger partial charge in [0, 0.05) is 13.1 Å². The maximum atomic E-state index is 12.3. The van der Waals surface area contributed by atoms with Gasteiger partial charge in [0.1, 0.15) is 11.5 Å². The van der Waals surface area contributed by atoms with E-state index in [-0.39, 0.29) is 17.5 Å². The molecule has 0 fully saturated rings. The normalized spacial score (nSPS) is 10.9. The molecule has 1 aromatic carbocycles. The molecular formula is C15H20N4O2. The fraction of sp³-hybridized carbons (Fsp3) is 0.333. The topological polar surface area (TPSA) is 82.0 Å². The molecule has 0 atom stereocenters. The molecule has 0 saturated heterocycles. The van der Waals surface area contributed by atoms with Crippen molar-refractivity contribution in [3.8, 4) is 0 Å². The zero-order chi connectivity index (χ0) is 15.6. The molecule has 0 aliphatic heterocycles. The van der Waals surface area contributed by atoms with Gasteiger partial charge in [0.2, 0.25) is 0 Å². The maximum Gasteiger partial charge on any atom is 0.332 e. The number of benzene rings is 1. The summed E-state index contributed by atoms with van der Waals surface area (Å²) >= 11 is 0. The molecule has 1 heterocycles. The Kier molecular flexibility index (Phi) is 4.16. The molecular weight excluding hydrogens is 268 g/mol. The van der Waals surface area contributed by atoms with Gasteiger partial charge >= 0.3 is 5.69 Å². The second-order valence-corrected chi connectivity index (χ2v) is 5.28. The van der Waals surface area contributed by atoms with Gasteiger partial charge < -0.3 is 11.1 Å². The zero-order valence-electron chi connectivity index (χ0n) is 12.5. The first kappa shape index (κ1) is 14.9. The van der Waals surface area contributed by atoms with E-state index in [1.54, 1.807) is 0 Å². The fourth-order valence-corrected chi connectivity index (χ4v) is 2.13. The predicted molar refractivity (Wildman–Crippen MR) is 84.7 cm³/mol. The first-order chi connectivity index (χ1) is 9.91. The minimum atomic E-state index is -0.421. The molecule has 3 N–H and O–H groups in total. The largest absolute Gasteiger partial charge is 0.383 e. The lowest BCUT2D eigenvalue weighted by atomic mass is 10.2. The fourth-order valence-electron chi connectivity index (χ4n) is 2.13. The van der Waals surface area contributed by atoms with Crippen LogP contribution >= 0.6 is 0 Å². The Hall–Kier alpha value is -2.50. The molecule has 0 spiro atoms. The Bertz CT molecular complexity index is 745. The summed E-state index contributed by atoms with van der Waals surface area (Å²) < 4.78 is 2.48. The van der Waals surface area contributed by atoms with Crippen molar-refractivity contribution >= 4 is 11.5 Å². The van der Waals surface area contributed by atoms with Gasteiger partial charge in [0.05, 0.1) is 6.54 Å². The zero-order valence-corrected chi connectivity index (χ0v) is 12.5. The molecule has 2 rings (SSSR count). The van der Waals surface area contributed by atoms with Gasteiger partial charge in [0.15, 0.2) is 0 Å². The summed E-state index contributed by atoms with van der Waals surface area (Å²) in [4.78, 5) is 24.4. The van der Waals surface area contributed by atoms with Gasteiger partial charge in [-0.3, -0.25) is 13.9 Å². The van der Waals surface area contributed by atoms with Crippen molar-refractivity contribution < 1.29 is 0 Å². The molecule has 6 nitrogen and oxygen atoms in total. The average Bonchev–Trinajstić information content (AvgIpc) is 2.47. The number of nitrogens with one attached hydrogen (secondary N) is 1. The van der Waals surface area contributed by atoms with Crippen molar-refractivity contribution in [2.45, 2.75) is 26.4 Å². The number of anilines is 2. The van der Waals surface area contributed by atoms with E-state index in [0.29, 0.717) is 6.54 Å². The minimum absolute atomic E-state index is 0.0441. The number of nitrogen functional groups attached to an aromatic ring is 1. The molecule has 6 heteroatoms. The van der Waals surface area contributed by atoms with Crippen LogP contribution in [0.4, 0.5) is 11.5 Å². The summed E-state index contributed by atoms with van der Waals surface area (Å²) in [5.74, 6) is 0.167. The Morgan fingerprint density at radius 1 is 1.19 bits per heavy atom. The number of rotatable bonds is 4. The van der Waals surface area contributed by atoms with Gasteiger partial charge in [-0.15, -0.1) is 0 Å². The Labute approximate surface area is 122 Å². The van der Waals surface area contributed by atoms with Gasteiger partial charge in [-0.1, -0.05) is 30.3 Å². The first-order valence-electron chi connectivity index (χ1n) is 6.81. The number of aromatic nitrogens is 2. The maximum absolute atomic E-state index is 12.3. The summed E-state index contributed by atoms with van der Waals surface area (Å²) in [5.41, 5.74) is 6.42. The molecule has 0 bridgehead atoms. The van der Waals surface area contributed by atoms with Crippen molar-refractivity contribution in [3.05, 3.63) is 56.7 Å². The van der Waals surface area contributed by atoms with Crippen LogP contribution < -0.4 is 22.3 Å². The second-order valence-electron chi connectivity index (χ2n) is 5.28. The summed E-state index contributed by atoms with van der Waals surface area (Å²) in [7, 11) is 1.46. The number of nitrogens with two attached hydrogens (primary N) is 1. The van der Waals surface area contributed by atoms with Crippen LogP contribution in [-0.2, 0) is 13.6 Å². The SMILES string of the molecule is CC(C)Nc1c(N)n(Cc2ccccc2)c(=O)n(C)c1=O. The van der Waals surface area contributed by atoms with Gasteiger partial charge in [0.25, 0.3) is 5.56 Å². The van der Waals surface area contributed by atoms with Gasteiger partial charge in [-0.05, 0) is 19.4 Å². The summed E-state index contributed by atoms with van der Waals surface area (Å²) in [6.07, 6.45) is 0. The monoisotopic (exact) mass is 288 g/mol. The highest BCUT2D eigenvalue weighted by atomic mass is 16.2. The van der Waals surface area contributed by atoms with Crippen LogP contribution in [-0.4, -0.2) is 15.2 Å². The van der Waals surface area contributed by atoms with E-state index < -0.39 is 11.2 Å². The van der Waals surface area contributed by atoms with Crippen LogP contribution in [0.1, 0.15) is 19.4 Å². The second kappa shape index (κ2) is 5.87. The van der Waals surface area contributed by atoms with Crippen LogP contribution in [0.15, 0.2) is 39.9 Å². The van der Waals surface area contributed by atoms with Gasteiger partial charge in [-0.25, -0.2) is 4.79 Å². The van der Waals surface area contributed by atoms with E-state index in [1.165, 1.54) is 11.6 Å². The van der Waals surface area contributed by atoms with E-state index in [2.05, 4.69) is 5.32 Å². The lowest BCUT2D eigenvalue weighted by molar-refractivity contribution is 0.654. The highest BCUT2D eigenvalue weighted by molar-refractivity contribution is 5.61. The molecule has 0 radical (unpaired) electrons. The van der Waals surface area contributed by atoms with Crippen molar-refractivity contribution in [3.63, 3.8) is 0 Å². The van der Waals surface area contributed by atoms with Gasteiger partial charge in [-0.2, -0.15) is 0 Å². The number of hydrogen-bond donors (Lipinski definition) is 2. The van der Waals surface area contributed by atoms with E-state index in [9.17, 15) is 9.59 Å². The molecule has 21 heavy (non-hydrogen) atoms. The Morgan fingerprint density at radius 2 is 1.81 bits per heavy atom. The third-order valence-corrected chi connectivity index (χ3v) is 3.20. The lowest BCUT2D eigenvalue weighted by Crippen LogP contribution is -2.41. The predicted octanol–water partition coefficient (Wildman–Crippen LogP) is 0.998. The van der Waals surface area contributed by atoms with E-state index in [1.807, 2.05) is 44.2 Å². The van der Waals surface area contributed by atoms with Crippen LogP contribution in [0.2, 0.25) is 0 Å². The van der Waals surface area contributed by atoms with Crippen molar-refractivity contribution in [2.24, 2.45) is 7.05 Å². The number of hydrogen-bond acceptors (Lipinski definition) is 4. The van der Waals surface area contributed by atoms with Crippen molar-refractivity contribution in [1.29, 1.82) is 0 Å². The van der Waals surface area contributed by atoms with E-state index >= 15 is 0 Å². The van der Waals surface area contributed by atoms with E-state index in [4.69, 9.17) is 5.73 Å². The molecule has 2 aromatic rings. The Balaban J connectivity index is 2.58. The summed E-state index contributed by atoms with van der Waals surface area (Å²) in [6, 6.07) is 9.56. The summed E-state index contributed by atoms with van der Waals surface area (Å²) in [6.45, 7) is 4.14. The lowest BCUT2D eigenvalue weighted by Gasteiger charge is -2.17. The summed E-state index contributed by atoms with van der Waals surface area (Å²) in [5, 5.41) is 3.02. The highest BCUT2D eigenvalue weighted by Gasteiger charge is 2.15. The quantitative estimate of drug-likeness (QED) is 0.879. The highest BCUT2D eigenvalue weighted by Crippen LogP contribution is 2.13. The molecule has 112 valence electrons. The van der Waals surface area contributed by atoms with E-state index in [0.717, 1.165) is 10.1 Å². The minimum Gasteiger partial charge on any atom is -0.383 e. The van der Waals surface area contributed by atoms with Crippen molar-refractivity contribution in [2.75, 3.05) is 11.1 Å². The molecule has 1 aromatic heterocycles. The molecule has 0 aliphatic carbocycles. The number of nitrogens with zero attached hydrogens (tertiary/aromatic N) is 2. The van der Waals surface area contributed by atoms with Crippen LogP contribution in [0.25, 0.3) is 0 Å². The van der Waals surface area contributed by atoms with Crippen LogP contribution in [0.5, 0.6) is 0 Å².